The van der Waals surface area contributed by atoms with Gasteiger partial charge in [0.15, 0.2) is 0 Å². The molecule has 0 saturated heterocycles. The van der Waals surface area contributed by atoms with Crippen LogP contribution in [0.2, 0.25) is 0 Å². The van der Waals surface area contributed by atoms with E-state index < -0.39 is 28.0 Å². The van der Waals surface area contributed by atoms with Crippen LogP contribution in [0, 0.1) is 11.8 Å². The van der Waals surface area contributed by atoms with E-state index in [9.17, 15) is 27.6 Å². The maximum atomic E-state index is 12.6. The number of carbonyl (C=O) groups excluding carboxylic acids is 4. The molecule has 0 aliphatic carbocycles. The maximum absolute atomic E-state index is 12.6. The van der Waals surface area contributed by atoms with E-state index >= 15 is 0 Å². The number of rotatable bonds is 12. The largest absolute Gasteiger partial charge is 0.464 e. The Hall–Kier alpha value is -4.00. The highest BCUT2D eigenvalue weighted by atomic mass is 32.2. The number of ether oxygens (including phenoxy) is 2. The van der Waals surface area contributed by atoms with Crippen LogP contribution in [0.1, 0.15) is 43.6 Å². The topological polar surface area (TPSA) is 170 Å². The number of amides is 3. The van der Waals surface area contributed by atoms with Gasteiger partial charge in [-0.2, -0.15) is 0 Å². The molecule has 0 fully saturated rings. The summed E-state index contributed by atoms with van der Waals surface area (Å²) in [7, 11) is -4.15. The summed E-state index contributed by atoms with van der Waals surface area (Å²) in [5.41, 5.74) is 0.749. The van der Waals surface area contributed by atoms with E-state index in [1.165, 1.54) is 24.3 Å². The molecule has 0 atom stereocenters. The number of carbonyl (C=O) groups is 4. The molecule has 206 valence electrons. The third-order valence-electron chi connectivity index (χ3n) is 4.98. The number of hydrogen-bond donors (Lipinski definition) is 3. The smallest absolute Gasteiger partial charge is 0.414 e. The molecule has 0 aliphatic rings. The minimum absolute atomic E-state index is 0.0215. The Morgan fingerprint density at radius 2 is 1.58 bits per heavy atom. The van der Waals surface area contributed by atoms with Gasteiger partial charge in [-0.15, -0.1) is 0 Å². The highest BCUT2D eigenvalue weighted by molar-refractivity contribution is 7.90. The molecule has 0 spiro atoms. The summed E-state index contributed by atoms with van der Waals surface area (Å²) in [5.74, 6) is -1.90. The molecular formula is C25H32N4O8S. The van der Waals surface area contributed by atoms with Crippen molar-refractivity contribution in [2.75, 3.05) is 19.7 Å². The number of benzene rings is 1. The average molecular weight is 549 g/mol. The van der Waals surface area contributed by atoms with Gasteiger partial charge in [0.2, 0.25) is 11.8 Å². The molecule has 0 bridgehead atoms. The van der Waals surface area contributed by atoms with Crippen LogP contribution in [0.25, 0.3) is 0 Å². The molecule has 0 saturated carbocycles. The molecule has 2 rings (SSSR count). The quantitative estimate of drug-likeness (QED) is 0.264. The monoisotopic (exact) mass is 548 g/mol. The predicted octanol–water partition coefficient (Wildman–Crippen LogP) is 1.80. The molecule has 0 radical (unpaired) electrons. The third kappa shape index (κ3) is 9.81. The lowest BCUT2D eigenvalue weighted by Gasteiger charge is -2.10. The number of nitrogens with zero attached hydrogens (tertiary/aromatic N) is 1. The second-order valence-corrected chi connectivity index (χ2v) is 10.5. The van der Waals surface area contributed by atoms with Gasteiger partial charge in [-0.25, -0.2) is 22.9 Å². The molecule has 38 heavy (non-hydrogen) atoms. The summed E-state index contributed by atoms with van der Waals surface area (Å²) in [5, 5.41) is 5.17. The van der Waals surface area contributed by atoms with E-state index in [2.05, 4.69) is 15.6 Å². The number of hydrogen-bond acceptors (Lipinski definition) is 9. The van der Waals surface area contributed by atoms with Crippen molar-refractivity contribution in [1.82, 2.24) is 20.3 Å². The van der Waals surface area contributed by atoms with Crippen LogP contribution in [0.4, 0.5) is 4.79 Å². The summed E-state index contributed by atoms with van der Waals surface area (Å²) in [6.07, 6.45) is 0.741. The Morgan fingerprint density at radius 3 is 2.16 bits per heavy atom. The Morgan fingerprint density at radius 1 is 0.895 bits per heavy atom. The van der Waals surface area contributed by atoms with Crippen LogP contribution in [0.5, 0.6) is 5.88 Å². The van der Waals surface area contributed by atoms with Crippen LogP contribution in [-0.4, -0.2) is 57.0 Å². The van der Waals surface area contributed by atoms with Gasteiger partial charge < -0.3 is 20.1 Å². The molecule has 12 nitrogen and oxygen atoms in total. The van der Waals surface area contributed by atoms with Gasteiger partial charge in [0.1, 0.15) is 6.61 Å². The fourth-order valence-corrected chi connectivity index (χ4v) is 3.76. The fraction of sp³-hybridized carbons (Fsp3) is 0.400. The summed E-state index contributed by atoms with van der Waals surface area (Å²) < 4.78 is 37.1. The lowest BCUT2D eigenvalue weighted by atomic mass is 10.1. The zero-order valence-electron chi connectivity index (χ0n) is 21.6. The van der Waals surface area contributed by atoms with Gasteiger partial charge in [0.05, 0.1) is 22.9 Å². The Balaban J connectivity index is 1.85. The molecular weight excluding hydrogens is 516 g/mol. The minimum Gasteiger partial charge on any atom is -0.464 e. The second-order valence-electron chi connectivity index (χ2n) is 8.80. The number of esters is 1. The summed E-state index contributed by atoms with van der Waals surface area (Å²) in [4.78, 5) is 50.9. The van der Waals surface area contributed by atoms with Crippen molar-refractivity contribution in [3.8, 4) is 5.88 Å². The average Bonchev–Trinajstić information content (AvgIpc) is 2.86. The van der Waals surface area contributed by atoms with E-state index in [1.54, 1.807) is 39.8 Å². The van der Waals surface area contributed by atoms with E-state index in [4.69, 9.17) is 9.47 Å². The van der Waals surface area contributed by atoms with Crippen LogP contribution in [0.15, 0.2) is 47.5 Å². The lowest BCUT2D eigenvalue weighted by Crippen LogP contribution is -2.31. The zero-order chi connectivity index (χ0) is 28.3. The summed E-state index contributed by atoms with van der Waals surface area (Å²) >= 11 is 0. The first-order valence-corrected chi connectivity index (χ1v) is 13.4. The summed E-state index contributed by atoms with van der Waals surface area (Å²) in [6.45, 7) is 7.39. The molecule has 3 N–H and O–H groups in total. The van der Waals surface area contributed by atoms with Gasteiger partial charge in [0, 0.05) is 24.7 Å². The highest BCUT2D eigenvalue weighted by Crippen LogP contribution is 2.13. The number of sulfonamides is 1. The number of pyridine rings is 1. The van der Waals surface area contributed by atoms with Crippen LogP contribution in [0.3, 0.4) is 0 Å². The van der Waals surface area contributed by atoms with Crippen LogP contribution in [-0.2, 0) is 30.8 Å². The Labute approximate surface area is 221 Å². The molecule has 0 aliphatic heterocycles. The fourth-order valence-electron chi connectivity index (χ4n) is 2.79. The van der Waals surface area contributed by atoms with E-state index in [0.717, 1.165) is 11.8 Å². The zero-order valence-corrected chi connectivity index (χ0v) is 22.5. The first kappa shape index (κ1) is 30.2. The molecule has 1 aromatic heterocycles. The van der Waals surface area contributed by atoms with Crippen molar-refractivity contribution in [3.63, 3.8) is 0 Å². The standard InChI is InChI=1S/C25H32N4O8S/c1-16(2)22(30)26-12-11-18-5-8-20(9-6-18)38(34,35)29-23(31)19-7-10-21(28-15-19)37-25(33)27-13-14-36-24(32)17(3)4/h5-10,15-17H,11-14H2,1-4H3,(H,26,30)(H,27,33)(H,29,31). The lowest BCUT2D eigenvalue weighted by molar-refractivity contribution is -0.147. The molecule has 1 aromatic carbocycles. The first-order valence-electron chi connectivity index (χ1n) is 11.9. The minimum atomic E-state index is -4.15. The SMILES string of the molecule is CC(C)C(=O)NCCc1ccc(S(=O)(=O)NC(=O)c2ccc(OC(=O)NCCOC(=O)C(C)C)nc2)cc1. The third-order valence-corrected chi connectivity index (χ3v) is 6.33. The van der Waals surface area contributed by atoms with Gasteiger partial charge in [0.25, 0.3) is 15.9 Å². The Kier molecular flexibility index (Phi) is 11.2. The maximum Gasteiger partial charge on any atom is 0.414 e. The predicted molar refractivity (Wildman–Crippen MR) is 137 cm³/mol. The van der Waals surface area contributed by atoms with E-state index in [-0.39, 0.29) is 47.2 Å². The van der Waals surface area contributed by atoms with Gasteiger partial charge in [-0.3, -0.25) is 14.4 Å². The van der Waals surface area contributed by atoms with Gasteiger partial charge >= 0.3 is 12.1 Å². The normalized spacial score (nSPS) is 11.1. The van der Waals surface area contributed by atoms with E-state index in [1.807, 2.05) is 4.72 Å². The van der Waals surface area contributed by atoms with Gasteiger partial charge in [-0.05, 0) is 30.2 Å². The van der Waals surface area contributed by atoms with Gasteiger partial charge in [-0.1, -0.05) is 39.8 Å². The molecule has 0 unspecified atom stereocenters. The molecule has 1 heterocycles. The molecule has 13 heteroatoms. The first-order chi connectivity index (χ1) is 17.9. The Bertz CT molecular complexity index is 1230. The van der Waals surface area contributed by atoms with Crippen molar-refractivity contribution < 1.29 is 37.1 Å². The van der Waals surface area contributed by atoms with Crippen molar-refractivity contribution in [2.45, 2.75) is 39.0 Å². The van der Waals surface area contributed by atoms with E-state index in [0.29, 0.717) is 13.0 Å². The molecule has 2 aromatic rings. The molecule has 3 amide bonds. The number of nitrogens with one attached hydrogen (secondary N) is 3. The van der Waals surface area contributed by atoms with Crippen molar-refractivity contribution in [2.24, 2.45) is 11.8 Å². The van der Waals surface area contributed by atoms with Crippen molar-refractivity contribution >= 4 is 33.9 Å². The van der Waals surface area contributed by atoms with Crippen LogP contribution < -0.4 is 20.1 Å². The highest BCUT2D eigenvalue weighted by Gasteiger charge is 2.19. The summed E-state index contributed by atoms with van der Waals surface area (Å²) in [6, 6.07) is 8.42. The van der Waals surface area contributed by atoms with Crippen molar-refractivity contribution in [1.29, 1.82) is 0 Å². The van der Waals surface area contributed by atoms with Crippen LogP contribution >= 0.6 is 0 Å². The second kappa shape index (κ2) is 14.1. The van der Waals surface area contributed by atoms with Crippen molar-refractivity contribution in [3.05, 3.63) is 53.7 Å². The number of aromatic nitrogens is 1.